The van der Waals surface area contributed by atoms with Crippen molar-refractivity contribution in [2.75, 3.05) is 6.54 Å². The molecule has 0 aliphatic heterocycles. The second-order valence-corrected chi connectivity index (χ2v) is 5.37. The van der Waals surface area contributed by atoms with Crippen molar-refractivity contribution in [1.29, 1.82) is 0 Å². The van der Waals surface area contributed by atoms with Crippen LogP contribution in [0.4, 0.5) is 13.2 Å². The maximum absolute atomic E-state index is 12.7. The number of hydrogen-bond donors (Lipinski definition) is 1. The van der Waals surface area contributed by atoms with Gasteiger partial charge >= 0.3 is 6.18 Å². The Bertz CT molecular complexity index is 893. The fraction of sp³-hybridized carbons (Fsp3) is 0.176. The van der Waals surface area contributed by atoms with Gasteiger partial charge in [-0.15, -0.1) is 0 Å². The van der Waals surface area contributed by atoms with E-state index in [2.05, 4.69) is 20.3 Å². The van der Waals surface area contributed by atoms with E-state index in [1.807, 2.05) is 0 Å². The normalized spacial score (nSPS) is 11.3. The van der Waals surface area contributed by atoms with E-state index in [-0.39, 0.29) is 12.1 Å². The molecule has 0 bridgehead atoms. The van der Waals surface area contributed by atoms with Crippen LogP contribution in [0.5, 0.6) is 0 Å². The summed E-state index contributed by atoms with van der Waals surface area (Å²) >= 11 is 0. The van der Waals surface area contributed by atoms with E-state index >= 15 is 0 Å². The number of carbonyl (C=O) groups is 1. The summed E-state index contributed by atoms with van der Waals surface area (Å²) in [5.41, 5.74) is -0.314. The number of halogens is 3. The molecule has 26 heavy (non-hydrogen) atoms. The zero-order valence-corrected chi connectivity index (χ0v) is 13.4. The van der Waals surface area contributed by atoms with Gasteiger partial charge < -0.3 is 9.88 Å². The zero-order valence-electron chi connectivity index (χ0n) is 13.4. The Morgan fingerprint density at radius 2 is 2.00 bits per heavy atom. The molecule has 1 amide bonds. The van der Waals surface area contributed by atoms with Crippen LogP contribution in [-0.4, -0.2) is 32.0 Å². The van der Waals surface area contributed by atoms with Crippen molar-refractivity contribution in [3.63, 3.8) is 0 Å². The highest BCUT2D eigenvalue weighted by molar-refractivity contribution is 5.94. The molecule has 0 radical (unpaired) electrons. The van der Waals surface area contributed by atoms with Crippen LogP contribution in [0.15, 0.2) is 55.2 Å². The Balaban J connectivity index is 1.63. The topological polar surface area (TPSA) is 72.7 Å². The van der Waals surface area contributed by atoms with E-state index < -0.39 is 17.6 Å². The molecule has 0 aliphatic rings. The third-order valence-electron chi connectivity index (χ3n) is 3.60. The van der Waals surface area contributed by atoms with Gasteiger partial charge in [-0.2, -0.15) is 13.2 Å². The van der Waals surface area contributed by atoms with Gasteiger partial charge in [-0.05, 0) is 18.2 Å². The average Bonchev–Trinajstić information content (AvgIpc) is 3.10. The number of carbonyl (C=O) groups excluding carboxylic acids is 1. The Labute approximate surface area is 146 Å². The van der Waals surface area contributed by atoms with E-state index in [9.17, 15) is 18.0 Å². The quantitative estimate of drug-likeness (QED) is 0.759. The SMILES string of the molecule is O=C(NCCn1ccnc1-c1cnccn1)c1cccc(C(F)(F)F)c1. The first-order valence-electron chi connectivity index (χ1n) is 7.68. The third kappa shape index (κ3) is 4.05. The fourth-order valence-electron chi connectivity index (χ4n) is 2.37. The first kappa shape index (κ1) is 17.6. The second kappa shape index (κ2) is 7.34. The first-order valence-corrected chi connectivity index (χ1v) is 7.68. The van der Waals surface area contributed by atoms with Crippen LogP contribution in [0.3, 0.4) is 0 Å². The number of nitrogens with zero attached hydrogens (tertiary/aromatic N) is 4. The van der Waals surface area contributed by atoms with Gasteiger partial charge in [0.15, 0.2) is 5.82 Å². The second-order valence-electron chi connectivity index (χ2n) is 5.37. The van der Waals surface area contributed by atoms with Crippen molar-refractivity contribution in [3.05, 3.63) is 66.4 Å². The van der Waals surface area contributed by atoms with Gasteiger partial charge in [-0.3, -0.25) is 9.78 Å². The minimum atomic E-state index is -4.49. The number of imidazole rings is 1. The molecule has 6 nitrogen and oxygen atoms in total. The molecule has 2 heterocycles. The summed E-state index contributed by atoms with van der Waals surface area (Å²) in [6, 6.07) is 4.31. The number of amides is 1. The maximum Gasteiger partial charge on any atom is 0.416 e. The number of nitrogens with one attached hydrogen (secondary N) is 1. The van der Waals surface area contributed by atoms with Crippen molar-refractivity contribution >= 4 is 5.91 Å². The molecular formula is C17H14F3N5O. The number of benzene rings is 1. The highest BCUT2D eigenvalue weighted by atomic mass is 19.4. The maximum atomic E-state index is 12.7. The Kier molecular flexibility index (Phi) is 4.97. The predicted molar refractivity (Wildman–Crippen MR) is 87.0 cm³/mol. The number of rotatable bonds is 5. The summed E-state index contributed by atoms with van der Waals surface area (Å²) in [5.74, 6) is 0.0173. The number of hydrogen-bond acceptors (Lipinski definition) is 4. The number of alkyl halides is 3. The van der Waals surface area contributed by atoms with E-state index in [1.54, 1.807) is 35.6 Å². The van der Waals surface area contributed by atoms with E-state index in [1.165, 1.54) is 12.1 Å². The lowest BCUT2D eigenvalue weighted by Gasteiger charge is -2.10. The van der Waals surface area contributed by atoms with Crippen molar-refractivity contribution in [3.8, 4) is 11.5 Å². The van der Waals surface area contributed by atoms with Crippen molar-refractivity contribution in [2.45, 2.75) is 12.7 Å². The molecule has 9 heteroatoms. The molecule has 0 saturated heterocycles. The minimum Gasteiger partial charge on any atom is -0.350 e. The molecule has 2 aromatic heterocycles. The molecule has 3 rings (SSSR count). The van der Waals surface area contributed by atoms with E-state index in [0.29, 0.717) is 18.1 Å². The van der Waals surface area contributed by atoms with Gasteiger partial charge in [0.2, 0.25) is 0 Å². The van der Waals surface area contributed by atoms with Gasteiger partial charge in [0.1, 0.15) is 5.69 Å². The molecule has 0 unspecified atom stereocenters. The summed E-state index contributed by atoms with van der Waals surface area (Å²) < 4.78 is 39.9. The molecule has 0 fully saturated rings. The standard InChI is InChI=1S/C17H14F3N5O/c18-17(19,20)13-3-1-2-12(10-13)16(26)24-7-9-25-8-6-23-15(25)14-11-21-4-5-22-14/h1-6,8,10-11H,7,9H2,(H,24,26). The predicted octanol–water partition coefficient (Wildman–Crippen LogP) is 2.79. The molecule has 0 aliphatic carbocycles. The zero-order chi connectivity index (χ0) is 18.6. The highest BCUT2D eigenvalue weighted by Crippen LogP contribution is 2.29. The van der Waals surface area contributed by atoms with Crippen LogP contribution in [-0.2, 0) is 12.7 Å². The lowest BCUT2D eigenvalue weighted by Crippen LogP contribution is -2.27. The lowest BCUT2D eigenvalue weighted by molar-refractivity contribution is -0.137. The molecule has 1 aromatic carbocycles. The fourth-order valence-corrected chi connectivity index (χ4v) is 2.37. The van der Waals surface area contributed by atoms with Gasteiger partial charge in [-0.1, -0.05) is 6.07 Å². The minimum absolute atomic E-state index is 0.0420. The smallest absolute Gasteiger partial charge is 0.350 e. The number of aromatic nitrogens is 4. The van der Waals surface area contributed by atoms with Crippen LogP contribution in [0.25, 0.3) is 11.5 Å². The monoisotopic (exact) mass is 361 g/mol. The summed E-state index contributed by atoms with van der Waals surface area (Å²) in [6.45, 7) is 0.606. The van der Waals surface area contributed by atoms with Crippen LogP contribution in [0.1, 0.15) is 15.9 Å². The summed E-state index contributed by atoms with van der Waals surface area (Å²) in [7, 11) is 0. The van der Waals surface area contributed by atoms with Gasteiger partial charge in [0.25, 0.3) is 5.91 Å². The molecule has 0 atom stereocenters. The Morgan fingerprint density at radius 1 is 1.15 bits per heavy atom. The molecule has 3 aromatic rings. The first-order chi connectivity index (χ1) is 12.4. The van der Waals surface area contributed by atoms with Gasteiger partial charge in [-0.25, -0.2) is 9.97 Å². The summed E-state index contributed by atoms with van der Waals surface area (Å²) in [4.78, 5) is 24.4. The molecule has 0 saturated carbocycles. The molecular weight excluding hydrogens is 347 g/mol. The highest BCUT2D eigenvalue weighted by Gasteiger charge is 2.30. The Hall–Kier alpha value is -3.23. The van der Waals surface area contributed by atoms with E-state index in [0.717, 1.165) is 12.1 Å². The van der Waals surface area contributed by atoms with Crippen molar-refractivity contribution in [1.82, 2.24) is 24.8 Å². The van der Waals surface area contributed by atoms with Gasteiger partial charge in [0.05, 0.1) is 11.8 Å². The Morgan fingerprint density at radius 3 is 2.73 bits per heavy atom. The van der Waals surface area contributed by atoms with Gasteiger partial charge in [0, 0.05) is 43.4 Å². The molecule has 0 spiro atoms. The van der Waals surface area contributed by atoms with E-state index in [4.69, 9.17) is 0 Å². The summed E-state index contributed by atoms with van der Waals surface area (Å²) in [6.07, 6.45) is 3.49. The van der Waals surface area contributed by atoms with Crippen LogP contribution in [0, 0.1) is 0 Å². The molecule has 134 valence electrons. The lowest BCUT2D eigenvalue weighted by atomic mass is 10.1. The summed E-state index contributed by atoms with van der Waals surface area (Å²) in [5, 5.41) is 2.60. The van der Waals surface area contributed by atoms with Crippen LogP contribution in [0.2, 0.25) is 0 Å². The average molecular weight is 361 g/mol. The molecule has 1 N–H and O–H groups in total. The third-order valence-corrected chi connectivity index (χ3v) is 3.60. The van der Waals surface area contributed by atoms with Crippen molar-refractivity contribution in [2.24, 2.45) is 0 Å². The van der Waals surface area contributed by atoms with Crippen LogP contribution < -0.4 is 5.32 Å². The van der Waals surface area contributed by atoms with Crippen LogP contribution >= 0.6 is 0 Å². The largest absolute Gasteiger partial charge is 0.416 e. The van der Waals surface area contributed by atoms with Crippen molar-refractivity contribution < 1.29 is 18.0 Å².